The van der Waals surface area contributed by atoms with Crippen LogP contribution in [0, 0.1) is 27.4 Å². The van der Waals surface area contributed by atoms with Crippen molar-refractivity contribution >= 4 is 0 Å². The zero-order valence-electron chi connectivity index (χ0n) is 11.3. The molecule has 2 aliphatic carbocycles. The summed E-state index contributed by atoms with van der Waals surface area (Å²) in [6, 6.07) is 0. The van der Waals surface area contributed by atoms with Crippen LogP contribution >= 0.6 is 0 Å². The molecule has 0 aliphatic heterocycles. The molecule has 108 valence electrons. The summed E-state index contributed by atoms with van der Waals surface area (Å²) in [6.45, 7) is 2.03. The Morgan fingerprint density at radius 1 is 1.65 bits per heavy atom. The zero-order chi connectivity index (χ0) is 14.3. The van der Waals surface area contributed by atoms with Gasteiger partial charge in [0.15, 0.2) is 5.82 Å². The molecule has 1 aromatic rings. The van der Waals surface area contributed by atoms with Crippen molar-refractivity contribution in [3.63, 3.8) is 0 Å². The molecule has 1 heterocycles. The van der Waals surface area contributed by atoms with Crippen molar-refractivity contribution in [2.75, 3.05) is 6.54 Å². The Morgan fingerprint density at radius 3 is 3.05 bits per heavy atom. The summed E-state index contributed by atoms with van der Waals surface area (Å²) in [4.78, 5) is 24.3. The molecule has 0 amide bonds. The highest BCUT2D eigenvalue weighted by atomic mass is 16.6. The molecule has 7 nitrogen and oxygen atoms in total. The van der Waals surface area contributed by atoms with Crippen LogP contribution in [-0.4, -0.2) is 21.6 Å². The molecule has 0 bridgehead atoms. The molecule has 1 fully saturated rings. The van der Waals surface area contributed by atoms with E-state index in [0.29, 0.717) is 18.2 Å². The van der Waals surface area contributed by atoms with Gasteiger partial charge in [0.2, 0.25) is 6.54 Å². The number of rotatable bonds is 5. The Hall–Kier alpha value is -1.92. The van der Waals surface area contributed by atoms with Gasteiger partial charge in [0.1, 0.15) is 0 Å². The highest BCUT2D eigenvalue weighted by Gasteiger charge is 2.58. The molecule has 7 heteroatoms. The third-order valence-electron chi connectivity index (χ3n) is 4.73. The largest absolute Gasteiger partial charge is 0.438 e. The van der Waals surface area contributed by atoms with Gasteiger partial charge in [-0.25, -0.2) is 4.79 Å². The second-order valence-corrected chi connectivity index (χ2v) is 5.94. The molecule has 0 aromatic carbocycles. The number of nitro groups is 1. The van der Waals surface area contributed by atoms with E-state index in [1.807, 2.05) is 0 Å². The van der Waals surface area contributed by atoms with E-state index in [1.54, 1.807) is 0 Å². The van der Waals surface area contributed by atoms with Gasteiger partial charge in [0.05, 0.1) is 0 Å². The minimum absolute atomic E-state index is 0.0868. The lowest BCUT2D eigenvalue weighted by Crippen LogP contribution is -2.51. The lowest BCUT2D eigenvalue weighted by atomic mass is 9.53. The van der Waals surface area contributed by atoms with Crippen LogP contribution < -0.4 is 5.76 Å². The summed E-state index contributed by atoms with van der Waals surface area (Å²) < 4.78 is 4.49. The van der Waals surface area contributed by atoms with Gasteiger partial charge in [-0.3, -0.25) is 19.6 Å². The molecule has 0 spiro atoms. The third-order valence-corrected chi connectivity index (χ3v) is 4.73. The summed E-state index contributed by atoms with van der Waals surface area (Å²) in [5.74, 6) is 0.545. The fourth-order valence-electron chi connectivity index (χ4n) is 3.90. The number of nitrogens with zero attached hydrogens (tertiary/aromatic N) is 2. The van der Waals surface area contributed by atoms with Crippen LogP contribution in [0.2, 0.25) is 0 Å². The number of H-pyrrole nitrogens is 1. The second-order valence-electron chi connectivity index (χ2n) is 5.94. The second kappa shape index (κ2) is 4.57. The quantitative estimate of drug-likeness (QED) is 0.500. The fourth-order valence-corrected chi connectivity index (χ4v) is 3.90. The van der Waals surface area contributed by atoms with E-state index < -0.39 is 11.2 Å². The summed E-state index contributed by atoms with van der Waals surface area (Å²) in [6.07, 6.45) is 5.47. The first-order valence-corrected chi connectivity index (χ1v) is 6.88. The van der Waals surface area contributed by atoms with E-state index in [9.17, 15) is 14.9 Å². The minimum atomic E-state index is -0.608. The number of hydrogen-bond acceptors (Lipinski definition) is 5. The average Bonchev–Trinajstić information content (AvgIpc) is 2.92. The lowest BCUT2D eigenvalue weighted by Gasteiger charge is -2.49. The van der Waals surface area contributed by atoms with Crippen molar-refractivity contribution in [3.8, 4) is 0 Å². The van der Waals surface area contributed by atoms with E-state index in [0.717, 1.165) is 19.3 Å². The highest BCUT2D eigenvalue weighted by Crippen LogP contribution is 2.59. The van der Waals surface area contributed by atoms with Gasteiger partial charge in [-0.15, -0.1) is 0 Å². The number of aromatic amines is 1. The molecule has 0 saturated heterocycles. The maximum Gasteiger partial charge on any atom is 0.438 e. The normalized spacial score (nSPS) is 31.6. The monoisotopic (exact) mass is 279 g/mol. The van der Waals surface area contributed by atoms with Gasteiger partial charge in [-0.05, 0) is 31.1 Å². The Morgan fingerprint density at radius 2 is 2.45 bits per heavy atom. The summed E-state index contributed by atoms with van der Waals surface area (Å²) in [5.41, 5.74) is 0.962. The Balaban J connectivity index is 1.85. The van der Waals surface area contributed by atoms with Crippen LogP contribution in [-0.2, 0) is 6.42 Å². The van der Waals surface area contributed by atoms with Crippen molar-refractivity contribution in [1.29, 1.82) is 0 Å². The lowest BCUT2D eigenvalue weighted by molar-refractivity contribution is -0.506. The first kappa shape index (κ1) is 13.1. The smallest absolute Gasteiger partial charge is 0.296 e. The molecule has 2 aliphatic rings. The Bertz CT molecular complexity index is 617. The van der Waals surface area contributed by atoms with Crippen LogP contribution in [0.25, 0.3) is 0 Å². The van der Waals surface area contributed by atoms with E-state index in [4.69, 9.17) is 0 Å². The van der Waals surface area contributed by atoms with Crippen molar-refractivity contribution in [2.24, 2.45) is 17.3 Å². The molecule has 1 N–H and O–H groups in total. The minimum Gasteiger partial charge on any atom is -0.296 e. The maximum atomic E-state index is 11.0. The molecule has 3 rings (SSSR count). The van der Waals surface area contributed by atoms with Gasteiger partial charge in [0.25, 0.3) is 0 Å². The maximum absolute atomic E-state index is 11.0. The van der Waals surface area contributed by atoms with Gasteiger partial charge < -0.3 is 0 Å². The number of fused-ring (bicyclic) bond motifs is 1. The summed E-state index contributed by atoms with van der Waals surface area (Å²) >= 11 is 0. The zero-order valence-corrected chi connectivity index (χ0v) is 11.3. The molecule has 20 heavy (non-hydrogen) atoms. The topological polar surface area (TPSA) is 102 Å². The molecule has 1 saturated carbocycles. The summed E-state index contributed by atoms with van der Waals surface area (Å²) in [5, 5.41) is 14.7. The van der Waals surface area contributed by atoms with Crippen LogP contribution in [0.4, 0.5) is 0 Å². The van der Waals surface area contributed by atoms with E-state index in [1.165, 1.54) is 5.57 Å². The van der Waals surface area contributed by atoms with Gasteiger partial charge in [-0.1, -0.05) is 23.7 Å². The first-order chi connectivity index (χ1) is 9.52. The van der Waals surface area contributed by atoms with Crippen LogP contribution in [0.5, 0.6) is 0 Å². The number of allylic oxidation sites excluding steroid dienone is 2. The van der Waals surface area contributed by atoms with Crippen molar-refractivity contribution in [1.82, 2.24) is 10.1 Å². The molecule has 3 atom stereocenters. The molecular weight excluding hydrogens is 262 g/mol. The standard InChI is InChI=1S/C13H17N3O4/c1-2-8-3-9-5-13(7-16(18)19,10(9)4-8)6-11-14-12(17)20-15-11/h4,9-10H,2-3,5-7H2,1H3,(H,14,15,17)/t9-,10?,13-/m1/s1. The molecular formula is C13H17N3O4. The van der Waals surface area contributed by atoms with E-state index in [2.05, 4.69) is 27.7 Å². The van der Waals surface area contributed by atoms with Gasteiger partial charge in [-0.2, -0.15) is 0 Å². The van der Waals surface area contributed by atoms with Crippen LogP contribution in [0.1, 0.15) is 32.0 Å². The predicted molar refractivity (Wildman–Crippen MR) is 69.7 cm³/mol. The van der Waals surface area contributed by atoms with E-state index in [-0.39, 0.29) is 17.4 Å². The predicted octanol–water partition coefficient (Wildman–Crippen LogP) is 1.54. The Kier molecular flexibility index (Phi) is 2.99. The van der Waals surface area contributed by atoms with Crippen molar-refractivity contribution in [2.45, 2.75) is 32.6 Å². The van der Waals surface area contributed by atoms with Crippen LogP contribution in [0.15, 0.2) is 21.0 Å². The van der Waals surface area contributed by atoms with Crippen LogP contribution in [0.3, 0.4) is 0 Å². The summed E-state index contributed by atoms with van der Waals surface area (Å²) in [7, 11) is 0. The first-order valence-electron chi connectivity index (χ1n) is 6.88. The van der Waals surface area contributed by atoms with Gasteiger partial charge >= 0.3 is 5.76 Å². The highest BCUT2D eigenvalue weighted by molar-refractivity contribution is 5.24. The number of hydrogen-bond donors (Lipinski definition) is 1. The molecule has 1 unspecified atom stereocenters. The third kappa shape index (κ3) is 2.07. The average molecular weight is 279 g/mol. The molecule has 1 aromatic heterocycles. The Labute approximate surface area is 115 Å². The van der Waals surface area contributed by atoms with Crippen molar-refractivity contribution in [3.05, 3.63) is 38.1 Å². The number of nitrogens with one attached hydrogen (secondary N) is 1. The number of aromatic nitrogens is 2. The van der Waals surface area contributed by atoms with Crippen molar-refractivity contribution < 1.29 is 9.45 Å². The molecule has 0 radical (unpaired) electrons. The fraction of sp³-hybridized carbons (Fsp3) is 0.692. The SMILES string of the molecule is CCC1=CC2[C@H](C1)C[C@@]2(Cc1noc(=O)[nH]1)C[N+](=O)[O-]. The van der Waals surface area contributed by atoms with Gasteiger partial charge in [0, 0.05) is 16.8 Å². The van der Waals surface area contributed by atoms with E-state index >= 15 is 0 Å².